The summed E-state index contributed by atoms with van der Waals surface area (Å²) in [6.45, 7) is 0.825. The van der Waals surface area contributed by atoms with Gasteiger partial charge in [0.2, 0.25) is 0 Å². The number of rotatable bonds is 12. The number of aliphatic hydroxyl groups excluding tert-OH is 6. The van der Waals surface area contributed by atoms with Crippen LogP contribution >= 0.6 is 0 Å². The molecule has 2 saturated heterocycles. The van der Waals surface area contributed by atoms with Gasteiger partial charge in [-0.15, -0.1) is 0 Å². The lowest BCUT2D eigenvalue weighted by atomic mass is 9.84. The molecule has 172 valence electrons. The first kappa shape index (κ1) is 24.9. The Morgan fingerprint density at radius 3 is 1.97 bits per heavy atom. The minimum Gasteiger partial charge on any atom is -0.394 e. The van der Waals surface area contributed by atoms with Crippen LogP contribution in [0.25, 0.3) is 0 Å². The summed E-state index contributed by atoms with van der Waals surface area (Å²) in [4.78, 5) is 0. The van der Waals surface area contributed by atoms with Gasteiger partial charge in [0.05, 0.1) is 13.2 Å². The number of unbranched alkanes of at least 4 members (excludes halogenated alkanes) is 5. The summed E-state index contributed by atoms with van der Waals surface area (Å²) < 4.78 is 16.3. The predicted octanol–water partition coefficient (Wildman–Crippen LogP) is -1.98. The fourth-order valence-corrected chi connectivity index (χ4v) is 3.93. The van der Waals surface area contributed by atoms with Gasteiger partial charge in [0.15, 0.2) is 6.29 Å². The van der Waals surface area contributed by atoms with Gasteiger partial charge in [-0.25, -0.2) is 0 Å². The van der Waals surface area contributed by atoms with Crippen molar-refractivity contribution in [2.45, 2.75) is 100 Å². The minimum atomic E-state index is -2.34. The lowest BCUT2D eigenvalue weighted by molar-refractivity contribution is -0.241. The molecule has 0 aromatic carbocycles. The van der Waals surface area contributed by atoms with Crippen LogP contribution in [-0.4, -0.2) is 110 Å². The van der Waals surface area contributed by atoms with Crippen LogP contribution < -0.4 is 0 Å². The third-order valence-corrected chi connectivity index (χ3v) is 5.78. The second kappa shape index (κ2) is 11.3. The number of hydrogen-bond donors (Lipinski definition) is 7. The number of hydrogen-bond acceptors (Lipinski definition) is 10. The molecule has 10 nitrogen and oxygen atoms in total. The quantitative estimate of drug-likeness (QED) is 0.174. The molecule has 0 radical (unpaired) electrons. The monoisotopic (exact) mass is 424 g/mol. The van der Waals surface area contributed by atoms with Crippen LogP contribution in [0.4, 0.5) is 0 Å². The first-order valence-electron chi connectivity index (χ1n) is 10.4. The highest BCUT2D eigenvalue weighted by molar-refractivity contribution is 5.09. The number of aliphatic hydroxyl groups is 7. The van der Waals surface area contributed by atoms with Gasteiger partial charge in [-0.3, -0.25) is 0 Å². The van der Waals surface area contributed by atoms with E-state index in [4.69, 9.17) is 14.2 Å². The van der Waals surface area contributed by atoms with E-state index in [1.165, 1.54) is 6.42 Å². The molecule has 2 fully saturated rings. The predicted molar refractivity (Wildman–Crippen MR) is 99.8 cm³/mol. The van der Waals surface area contributed by atoms with Crippen molar-refractivity contribution in [3.05, 3.63) is 0 Å². The van der Waals surface area contributed by atoms with Crippen LogP contribution in [0.15, 0.2) is 0 Å². The Bertz CT molecular complexity index is 480. The van der Waals surface area contributed by atoms with E-state index in [0.29, 0.717) is 6.61 Å². The molecular formula is C19H36O10. The van der Waals surface area contributed by atoms with Gasteiger partial charge in [-0.1, -0.05) is 39.0 Å². The molecule has 0 aromatic heterocycles. The second-order valence-electron chi connectivity index (χ2n) is 7.95. The topological polar surface area (TPSA) is 169 Å². The zero-order chi connectivity index (χ0) is 21.6. The molecule has 29 heavy (non-hydrogen) atoms. The Balaban J connectivity index is 1.94. The Morgan fingerprint density at radius 2 is 1.38 bits per heavy atom. The van der Waals surface area contributed by atoms with E-state index >= 15 is 0 Å². The molecule has 0 bridgehead atoms. The fourth-order valence-electron chi connectivity index (χ4n) is 3.93. The van der Waals surface area contributed by atoms with Crippen molar-refractivity contribution in [3.8, 4) is 0 Å². The molecule has 7 N–H and O–H groups in total. The Kier molecular flexibility index (Phi) is 9.68. The smallest absolute Gasteiger partial charge is 0.186 e. The molecule has 0 amide bonds. The van der Waals surface area contributed by atoms with E-state index in [9.17, 15) is 35.7 Å². The highest BCUT2D eigenvalue weighted by Crippen LogP contribution is 2.38. The van der Waals surface area contributed by atoms with Crippen LogP contribution in [0.3, 0.4) is 0 Å². The van der Waals surface area contributed by atoms with Gasteiger partial charge < -0.3 is 50.0 Å². The Labute approximate surface area is 170 Å². The van der Waals surface area contributed by atoms with Crippen molar-refractivity contribution in [2.75, 3.05) is 19.8 Å². The minimum absolute atomic E-state index is 0.290. The molecule has 2 aliphatic rings. The van der Waals surface area contributed by atoms with Crippen LogP contribution in [-0.2, 0) is 14.2 Å². The highest BCUT2D eigenvalue weighted by Gasteiger charge is 2.61. The standard InChI is InChI=1S/C19H36O10/c1-2-3-4-5-6-7-8-27-18-15(25)14(24)17(29-18)19(26,10-21)16-13(23)12(22)11(9-20)28-16/h11-18,20-26H,2-10H2,1H3/t11-,12-,13+,14-,15-,16-,17-,18+,19+/m1/s1. The molecular weight excluding hydrogens is 388 g/mol. The van der Waals surface area contributed by atoms with Gasteiger partial charge in [0.25, 0.3) is 0 Å². The number of ether oxygens (including phenoxy) is 3. The third-order valence-electron chi connectivity index (χ3n) is 5.78. The molecule has 0 aliphatic carbocycles. The van der Waals surface area contributed by atoms with E-state index in [-0.39, 0.29) is 0 Å². The van der Waals surface area contributed by atoms with Crippen molar-refractivity contribution in [3.63, 3.8) is 0 Å². The maximum atomic E-state index is 10.9. The SMILES string of the molecule is CCCCCCCCO[C@H]1O[C@@H]([C@](O)(CO)[C@@H]2O[C@H](CO)[C@@H](O)[C@@H]2O)[C@H](O)[C@H]1O. The van der Waals surface area contributed by atoms with E-state index < -0.39 is 67.8 Å². The molecule has 0 saturated carbocycles. The Morgan fingerprint density at radius 1 is 0.793 bits per heavy atom. The zero-order valence-electron chi connectivity index (χ0n) is 16.8. The second-order valence-corrected chi connectivity index (χ2v) is 7.95. The molecule has 2 rings (SSSR count). The Hall–Kier alpha value is -0.400. The van der Waals surface area contributed by atoms with Gasteiger partial charge in [-0.2, -0.15) is 0 Å². The van der Waals surface area contributed by atoms with E-state index in [0.717, 1.165) is 32.1 Å². The largest absolute Gasteiger partial charge is 0.394 e. The van der Waals surface area contributed by atoms with Crippen LogP contribution in [0.2, 0.25) is 0 Å². The van der Waals surface area contributed by atoms with Crippen LogP contribution in [0, 0.1) is 0 Å². The lowest BCUT2D eigenvalue weighted by Crippen LogP contribution is -2.62. The summed E-state index contributed by atoms with van der Waals surface area (Å²) >= 11 is 0. The summed E-state index contributed by atoms with van der Waals surface area (Å²) in [6, 6.07) is 0. The molecule has 0 spiro atoms. The van der Waals surface area contributed by atoms with Gasteiger partial charge >= 0.3 is 0 Å². The molecule has 0 unspecified atom stereocenters. The fraction of sp³-hybridized carbons (Fsp3) is 1.00. The molecule has 0 aromatic rings. The highest BCUT2D eigenvalue weighted by atomic mass is 16.7. The molecule has 2 aliphatic heterocycles. The van der Waals surface area contributed by atoms with Gasteiger partial charge in [-0.05, 0) is 6.42 Å². The molecule has 9 atom stereocenters. The summed E-state index contributed by atoms with van der Waals surface area (Å²) in [7, 11) is 0. The van der Waals surface area contributed by atoms with Crippen molar-refractivity contribution in [1.82, 2.24) is 0 Å². The van der Waals surface area contributed by atoms with E-state index in [1.807, 2.05) is 0 Å². The summed E-state index contributed by atoms with van der Waals surface area (Å²) in [5.41, 5.74) is -2.34. The van der Waals surface area contributed by atoms with Crippen molar-refractivity contribution in [1.29, 1.82) is 0 Å². The van der Waals surface area contributed by atoms with Crippen molar-refractivity contribution < 1.29 is 50.0 Å². The zero-order valence-corrected chi connectivity index (χ0v) is 16.8. The first-order valence-corrected chi connectivity index (χ1v) is 10.4. The molecule has 10 heteroatoms. The average Bonchev–Trinajstić information content (AvgIpc) is 3.18. The van der Waals surface area contributed by atoms with Crippen molar-refractivity contribution in [2.24, 2.45) is 0 Å². The van der Waals surface area contributed by atoms with Crippen molar-refractivity contribution >= 4 is 0 Å². The summed E-state index contributed by atoms with van der Waals surface area (Å²) in [5, 5.41) is 70.6. The maximum Gasteiger partial charge on any atom is 0.186 e. The normalized spacial score (nSPS) is 39.7. The maximum absolute atomic E-state index is 10.9. The van der Waals surface area contributed by atoms with E-state index in [1.54, 1.807) is 0 Å². The lowest BCUT2D eigenvalue weighted by Gasteiger charge is -2.38. The van der Waals surface area contributed by atoms with E-state index in [2.05, 4.69) is 6.92 Å². The summed E-state index contributed by atoms with van der Waals surface area (Å²) in [5.74, 6) is 0. The van der Waals surface area contributed by atoms with Crippen LogP contribution in [0.5, 0.6) is 0 Å². The third kappa shape index (κ3) is 5.45. The van der Waals surface area contributed by atoms with Crippen LogP contribution in [0.1, 0.15) is 45.4 Å². The van der Waals surface area contributed by atoms with Gasteiger partial charge in [0.1, 0.15) is 48.3 Å². The average molecular weight is 424 g/mol. The molecule has 2 heterocycles. The first-order chi connectivity index (χ1) is 13.8. The van der Waals surface area contributed by atoms with Gasteiger partial charge in [0, 0.05) is 6.61 Å². The summed E-state index contributed by atoms with van der Waals surface area (Å²) in [6.07, 6.45) is -5.46.